The lowest BCUT2D eigenvalue weighted by atomic mass is 9.87. The highest BCUT2D eigenvalue weighted by atomic mass is 79.9. The number of thioether (sulfide) groups is 1. The van der Waals surface area contributed by atoms with Crippen molar-refractivity contribution in [1.29, 1.82) is 0 Å². The summed E-state index contributed by atoms with van der Waals surface area (Å²) in [5.74, 6) is 1.08. The normalized spacial score (nSPS) is 30.7. The largest absolute Gasteiger partial charge is 0.126 e. The van der Waals surface area contributed by atoms with E-state index in [1.807, 2.05) is 11.8 Å². The summed E-state index contributed by atoms with van der Waals surface area (Å²) in [6, 6.07) is 0. The SMILES string of the molecule is CCC1(C)C=C(Br)CSC(C)=C1. The molecule has 1 aliphatic heterocycles. The Hall–Kier alpha value is 0.310. The molecule has 0 amide bonds. The molecule has 0 N–H and O–H groups in total. The molecule has 0 bridgehead atoms. The molecule has 68 valence electrons. The predicted molar refractivity (Wildman–Crippen MR) is 61.6 cm³/mol. The van der Waals surface area contributed by atoms with Gasteiger partial charge in [0.1, 0.15) is 0 Å². The lowest BCUT2D eigenvalue weighted by molar-refractivity contribution is 0.528. The summed E-state index contributed by atoms with van der Waals surface area (Å²) < 4.78 is 1.32. The fourth-order valence-corrected chi connectivity index (χ4v) is 3.00. The molecule has 1 aliphatic rings. The van der Waals surface area contributed by atoms with Crippen LogP contribution in [0.3, 0.4) is 0 Å². The van der Waals surface area contributed by atoms with Crippen molar-refractivity contribution in [1.82, 2.24) is 0 Å². The van der Waals surface area contributed by atoms with Gasteiger partial charge in [0, 0.05) is 15.7 Å². The van der Waals surface area contributed by atoms with Crippen LogP contribution in [0.2, 0.25) is 0 Å². The topological polar surface area (TPSA) is 0 Å². The number of hydrogen-bond donors (Lipinski definition) is 0. The summed E-state index contributed by atoms with van der Waals surface area (Å²) in [4.78, 5) is 1.44. The van der Waals surface area contributed by atoms with Crippen LogP contribution in [-0.2, 0) is 0 Å². The Bertz CT molecular complexity index is 208. The van der Waals surface area contributed by atoms with Crippen LogP contribution in [0.5, 0.6) is 0 Å². The Morgan fingerprint density at radius 2 is 2.25 bits per heavy atom. The molecule has 0 nitrogen and oxygen atoms in total. The molecule has 1 rings (SSSR count). The fraction of sp³-hybridized carbons (Fsp3) is 0.600. The Morgan fingerprint density at radius 3 is 2.83 bits per heavy atom. The third kappa shape index (κ3) is 2.67. The smallest absolute Gasteiger partial charge is 0.0291 e. The van der Waals surface area contributed by atoms with Crippen molar-refractivity contribution in [2.24, 2.45) is 5.41 Å². The van der Waals surface area contributed by atoms with Gasteiger partial charge < -0.3 is 0 Å². The number of rotatable bonds is 1. The van der Waals surface area contributed by atoms with E-state index in [2.05, 4.69) is 48.9 Å². The van der Waals surface area contributed by atoms with Gasteiger partial charge in [-0.2, -0.15) is 0 Å². The second-order valence-electron chi connectivity index (χ2n) is 3.49. The molecule has 2 heteroatoms. The first-order valence-electron chi connectivity index (χ1n) is 4.25. The average molecular weight is 247 g/mol. The summed E-state index contributed by atoms with van der Waals surface area (Å²) >= 11 is 5.50. The highest BCUT2D eigenvalue weighted by molar-refractivity contribution is 9.11. The monoisotopic (exact) mass is 246 g/mol. The summed E-state index contributed by atoms with van der Waals surface area (Å²) in [6.45, 7) is 6.71. The molecule has 0 saturated heterocycles. The maximum atomic E-state index is 3.59. The van der Waals surface area contributed by atoms with Gasteiger partial charge in [0.15, 0.2) is 0 Å². The third-order valence-electron chi connectivity index (χ3n) is 2.22. The number of halogens is 1. The molecule has 1 heterocycles. The molecule has 0 aromatic heterocycles. The zero-order chi connectivity index (χ0) is 9.19. The maximum absolute atomic E-state index is 3.59. The van der Waals surface area contributed by atoms with Crippen molar-refractivity contribution in [3.8, 4) is 0 Å². The highest BCUT2D eigenvalue weighted by Crippen LogP contribution is 2.36. The molecular weight excluding hydrogens is 232 g/mol. The Labute approximate surface area is 87.6 Å². The van der Waals surface area contributed by atoms with Crippen LogP contribution in [0.25, 0.3) is 0 Å². The van der Waals surface area contributed by atoms with Crippen molar-refractivity contribution in [3.63, 3.8) is 0 Å². The molecule has 0 aliphatic carbocycles. The van der Waals surface area contributed by atoms with Crippen LogP contribution in [0, 0.1) is 5.41 Å². The van der Waals surface area contributed by atoms with E-state index in [-0.39, 0.29) is 5.41 Å². The van der Waals surface area contributed by atoms with E-state index in [0.717, 1.165) is 5.75 Å². The summed E-state index contributed by atoms with van der Waals surface area (Å²) in [6.07, 6.45) is 5.86. The van der Waals surface area contributed by atoms with Crippen LogP contribution in [0.15, 0.2) is 21.5 Å². The zero-order valence-corrected chi connectivity index (χ0v) is 10.3. The van der Waals surface area contributed by atoms with Gasteiger partial charge in [-0.1, -0.05) is 41.9 Å². The number of hydrogen-bond acceptors (Lipinski definition) is 1. The molecule has 0 spiro atoms. The van der Waals surface area contributed by atoms with E-state index < -0.39 is 0 Å². The van der Waals surface area contributed by atoms with Crippen LogP contribution >= 0.6 is 27.7 Å². The van der Waals surface area contributed by atoms with Crippen molar-refractivity contribution < 1.29 is 0 Å². The van der Waals surface area contributed by atoms with Crippen LogP contribution < -0.4 is 0 Å². The summed E-state index contributed by atoms with van der Waals surface area (Å²) in [5, 5.41) is 0. The quantitative estimate of drug-likeness (QED) is 0.664. The van der Waals surface area contributed by atoms with Gasteiger partial charge in [-0.15, -0.1) is 11.8 Å². The fourth-order valence-electron chi connectivity index (χ4n) is 1.33. The van der Waals surface area contributed by atoms with Crippen LogP contribution in [-0.4, -0.2) is 5.75 Å². The lowest BCUT2D eigenvalue weighted by Crippen LogP contribution is -2.07. The number of allylic oxidation sites excluding steroid dienone is 3. The second-order valence-corrected chi connectivity index (χ2v) is 5.73. The maximum Gasteiger partial charge on any atom is 0.0291 e. The first kappa shape index (κ1) is 10.4. The van der Waals surface area contributed by atoms with E-state index in [9.17, 15) is 0 Å². The van der Waals surface area contributed by atoms with Gasteiger partial charge >= 0.3 is 0 Å². The van der Waals surface area contributed by atoms with Crippen molar-refractivity contribution in [2.75, 3.05) is 5.75 Å². The first-order valence-corrected chi connectivity index (χ1v) is 6.03. The average Bonchev–Trinajstić information content (AvgIpc) is 2.11. The molecule has 0 radical (unpaired) electrons. The van der Waals surface area contributed by atoms with Crippen molar-refractivity contribution in [3.05, 3.63) is 21.5 Å². The second kappa shape index (κ2) is 4.01. The minimum absolute atomic E-state index is 0.256. The van der Waals surface area contributed by atoms with Crippen LogP contribution in [0.1, 0.15) is 27.2 Å². The molecule has 1 atom stereocenters. The van der Waals surface area contributed by atoms with E-state index in [4.69, 9.17) is 0 Å². The minimum atomic E-state index is 0.256. The van der Waals surface area contributed by atoms with Crippen LogP contribution in [0.4, 0.5) is 0 Å². The van der Waals surface area contributed by atoms with E-state index >= 15 is 0 Å². The van der Waals surface area contributed by atoms with Gasteiger partial charge in [-0.05, 0) is 18.2 Å². The standard InChI is InChI=1S/C10H15BrS/c1-4-10(3)5-8(2)12-7-9(11)6-10/h5-6H,4,7H2,1-3H3. The molecule has 12 heavy (non-hydrogen) atoms. The van der Waals surface area contributed by atoms with Crippen molar-refractivity contribution in [2.45, 2.75) is 27.2 Å². The Balaban J connectivity index is 2.93. The Morgan fingerprint density at radius 1 is 1.58 bits per heavy atom. The Kier molecular flexibility index (Phi) is 3.47. The summed E-state index contributed by atoms with van der Waals surface area (Å²) in [7, 11) is 0. The van der Waals surface area contributed by atoms with Gasteiger partial charge in [-0.3, -0.25) is 0 Å². The highest BCUT2D eigenvalue weighted by Gasteiger charge is 2.19. The molecule has 0 fully saturated rings. The summed E-state index contributed by atoms with van der Waals surface area (Å²) in [5.41, 5.74) is 0.256. The van der Waals surface area contributed by atoms with Crippen molar-refractivity contribution >= 4 is 27.7 Å². The van der Waals surface area contributed by atoms with Gasteiger partial charge in [-0.25, -0.2) is 0 Å². The predicted octanol–water partition coefficient (Wildman–Crippen LogP) is 4.33. The van der Waals surface area contributed by atoms with Gasteiger partial charge in [0.05, 0.1) is 0 Å². The zero-order valence-electron chi connectivity index (χ0n) is 7.86. The first-order chi connectivity index (χ1) is 5.56. The minimum Gasteiger partial charge on any atom is -0.126 e. The van der Waals surface area contributed by atoms with Gasteiger partial charge in [0.2, 0.25) is 0 Å². The lowest BCUT2D eigenvalue weighted by Gasteiger charge is -2.19. The third-order valence-corrected chi connectivity index (χ3v) is 4.13. The van der Waals surface area contributed by atoms with E-state index in [1.165, 1.54) is 15.8 Å². The van der Waals surface area contributed by atoms with E-state index in [1.54, 1.807) is 0 Å². The molecule has 0 aromatic carbocycles. The molecule has 0 aromatic rings. The van der Waals surface area contributed by atoms with E-state index in [0.29, 0.717) is 0 Å². The molecular formula is C10H15BrS. The van der Waals surface area contributed by atoms with Gasteiger partial charge in [0.25, 0.3) is 0 Å². The molecule has 1 unspecified atom stereocenters. The molecule has 0 saturated carbocycles.